The molecule has 0 fully saturated rings. The Kier molecular flexibility index (Phi) is 4.94. The molecular weight excluding hydrogens is 306 g/mol. The molecule has 0 atom stereocenters. The molecule has 0 radical (unpaired) electrons. The van der Waals surface area contributed by atoms with Gasteiger partial charge in [0.1, 0.15) is 5.69 Å². The number of aromatic nitrogens is 1. The third-order valence-electron chi connectivity index (χ3n) is 3.06. The smallest absolute Gasteiger partial charge is 0.304 e. The van der Waals surface area contributed by atoms with Crippen molar-refractivity contribution in [2.24, 2.45) is 0 Å². The molecule has 0 saturated carbocycles. The van der Waals surface area contributed by atoms with E-state index in [1.807, 2.05) is 4.72 Å². The largest absolute Gasteiger partial charge is 0.463 e. The number of hydrogen-bond donors (Lipinski definition) is 1. The van der Waals surface area contributed by atoms with Gasteiger partial charge in [-0.2, -0.15) is 12.7 Å². The number of amides is 1. The molecule has 2 rings (SSSR count). The number of nitrogens with zero attached hydrogens (tertiary/aromatic N) is 2. The molecule has 0 aliphatic carbocycles. The summed E-state index contributed by atoms with van der Waals surface area (Å²) in [6.07, 6.45) is 2.92. The molecular formula is C14H17N3O4S. The Hall–Kier alpha value is -2.19. The monoisotopic (exact) mass is 323 g/mol. The van der Waals surface area contributed by atoms with E-state index in [-0.39, 0.29) is 18.7 Å². The highest BCUT2D eigenvalue weighted by atomic mass is 32.2. The average molecular weight is 323 g/mol. The van der Waals surface area contributed by atoms with Gasteiger partial charge in [0.2, 0.25) is 0 Å². The van der Waals surface area contributed by atoms with E-state index in [2.05, 4.69) is 4.98 Å². The van der Waals surface area contributed by atoms with Crippen molar-refractivity contribution in [3.05, 3.63) is 42.3 Å². The molecule has 2 aromatic rings. The van der Waals surface area contributed by atoms with Crippen LogP contribution in [0.15, 0.2) is 41.1 Å². The summed E-state index contributed by atoms with van der Waals surface area (Å²) in [6, 6.07) is 6.33. The van der Waals surface area contributed by atoms with E-state index < -0.39 is 16.1 Å². The number of furan rings is 1. The molecule has 0 aromatic carbocycles. The van der Waals surface area contributed by atoms with E-state index >= 15 is 0 Å². The summed E-state index contributed by atoms with van der Waals surface area (Å²) in [5.41, 5.74) is 0.648. The first kappa shape index (κ1) is 16.2. The first-order valence-electron chi connectivity index (χ1n) is 6.80. The highest BCUT2D eigenvalue weighted by Crippen LogP contribution is 2.18. The SMILES string of the molecule is CCN(CC)S(=O)(=O)NC(=O)c1ccnc(-c2ccco2)c1. The second-order valence-corrected chi connectivity index (χ2v) is 6.10. The summed E-state index contributed by atoms with van der Waals surface area (Å²) < 4.78 is 32.5. The predicted octanol–water partition coefficient (Wildman–Crippen LogP) is 1.66. The van der Waals surface area contributed by atoms with Gasteiger partial charge in [-0.25, -0.2) is 4.72 Å². The molecule has 0 saturated heterocycles. The number of hydrogen-bond acceptors (Lipinski definition) is 5. The molecule has 1 amide bonds. The van der Waals surface area contributed by atoms with Gasteiger partial charge in [0, 0.05) is 24.8 Å². The van der Waals surface area contributed by atoms with E-state index in [1.165, 1.54) is 28.9 Å². The second kappa shape index (κ2) is 6.71. The third-order valence-corrected chi connectivity index (χ3v) is 4.70. The Labute approximate surface area is 129 Å². The molecule has 22 heavy (non-hydrogen) atoms. The first-order valence-corrected chi connectivity index (χ1v) is 8.24. The average Bonchev–Trinajstić information content (AvgIpc) is 3.02. The molecule has 0 spiro atoms. The fourth-order valence-corrected chi connectivity index (χ4v) is 3.10. The lowest BCUT2D eigenvalue weighted by molar-refractivity contribution is 0.0979. The van der Waals surface area contributed by atoms with Gasteiger partial charge in [0.25, 0.3) is 5.91 Å². The third kappa shape index (κ3) is 3.52. The van der Waals surface area contributed by atoms with Crippen LogP contribution >= 0.6 is 0 Å². The van der Waals surface area contributed by atoms with Crippen molar-refractivity contribution in [1.29, 1.82) is 0 Å². The molecule has 7 nitrogen and oxygen atoms in total. The zero-order valence-electron chi connectivity index (χ0n) is 12.3. The topological polar surface area (TPSA) is 92.5 Å². The van der Waals surface area contributed by atoms with Crippen LogP contribution in [0.4, 0.5) is 0 Å². The Morgan fingerprint density at radius 2 is 2.05 bits per heavy atom. The number of carbonyl (C=O) groups is 1. The van der Waals surface area contributed by atoms with E-state index in [4.69, 9.17) is 4.42 Å². The maximum atomic E-state index is 12.1. The van der Waals surface area contributed by atoms with Crippen LogP contribution in [0.3, 0.4) is 0 Å². The zero-order chi connectivity index (χ0) is 16.2. The molecule has 8 heteroatoms. The van der Waals surface area contributed by atoms with Crippen molar-refractivity contribution < 1.29 is 17.6 Å². The Bertz CT molecular complexity index is 737. The van der Waals surface area contributed by atoms with Crippen molar-refractivity contribution >= 4 is 16.1 Å². The van der Waals surface area contributed by atoms with Gasteiger partial charge in [-0.15, -0.1) is 0 Å². The number of pyridine rings is 1. The van der Waals surface area contributed by atoms with E-state index in [1.54, 1.807) is 26.0 Å². The van der Waals surface area contributed by atoms with Gasteiger partial charge in [0.05, 0.1) is 6.26 Å². The van der Waals surface area contributed by atoms with Crippen LogP contribution < -0.4 is 4.72 Å². The van der Waals surface area contributed by atoms with Gasteiger partial charge in [-0.3, -0.25) is 9.78 Å². The van der Waals surface area contributed by atoms with Gasteiger partial charge >= 0.3 is 10.2 Å². The van der Waals surface area contributed by atoms with Crippen LogP contribution in [-0.4, -0.2) is 36.7 Å². The normalized spacial score (nSPS) is 11.6. The standard InChI is InChI=1S/C14H17N3O4S/c1-3-17(4-2)22(19,20)16-14(18)11-7-8-15-12(10-11)13-6-5-9-21-13/h5-10H,3-4H2,1-2H3,(H,16,18). The zero-order valence-corrected chi connectivity index (χ0v) is 13.1. The van der Waals surface area contributed by atoms with Crippen LogP contribution in [0.1, 0.15) is 24.2 Å². The van der Waals surface area contributed by atoms with Crippen molar-refractivity contribution in [1.82, 2.24) is 14.0 Å². The highest BCUT2D eigenvalue weighted by Gasteiger charge is 2.22. The van der Waals surface area contributed by atoms with Gasteiger partial charge in [-0.05, 0) is 24.3 Å². The lowest BCUT2D eigenvalue weighted by Crippen LogP contribution is -2.43. The summed E-state index contributed by atoms with van der Waals surface area (Å²) >= 11 is 0. The fraction of sp³-hybridized carbons (Fsp3) is 0.286. The number of rotatable bonds is 6. The molecule has 0 aliphatic rings. The lowest BCUT2D eigenvalue weighted by Gasteiger charge is -2.18. The quantitative estimate of drug-likeness (QED) is 0.872. The van der Waals surface area contributed by atoms with Gasteiger partial charge < -0.3 is 4.42 Å². The van der Waals surface area contributed by atoms with E-state index in [0.717, 1.165) is 0 Å². The van der Waals surface area contributed by atoms with Crippen LogP contribution in [0.25, 0.3) is 11.5 Å². The Morgan fingerprint density at radius 1 is 1.32 bits per heavy atom. The minimum Gasteiger partial charge on any atom is -0.463 e. The van der Waals surface area contributed by atoms with Crippen LogP contribution in [0, 0.1) is 0 Å². The Morgan fingerprint density at radius 3 is 2.64 bits per heavy atom. The minimum atomic E-state index is -3.85. The molecule has 1 N–H and O–H groups in total. The van der Waals surface area contributed by atoms with Gasteiger partial charge in [0.15, 0.2) is 5.76 Å². The summed E-state index contributed by atoms with van der Waals surface area (Å²) in [4.78, 5) is 16.2. The van der Waals surface area contributed by atoms with E-state index in [0.29, 0.717) is 11.5 Å². The summed E-state index contributed by atoms with van der Waals surface area (Å²) in [5.74, 6) is -0.205. The van der Waals surface area contributed by atoms with Crippen LogP contribution in [0.2, 0.25) is 0 Å². The van der Waals surface area contributed by atoms with Crippen LogP contribution in [0.5, 0.6) is 0 Å². The van der Waals surface area contributed by atoms with Crippen molar-refractivity contribution in [2.45, 2.75) is 13.8 Å². The molecule has 2 aromatic heterocycles. The molecule has 0 unspecified atom stereocenters. The maximum Gasteiger partial charge on any atom is 0.304 e. The predicted molar refractivity (Wildman–Crippen MR) is 81.2 cm³/mol. The first-order chi connectivity index (χ1) is 10.5. The van der Waals surface area contributed by atoms with Gasteiger partial charge in [-0.1, -0.05) is 13.8 Å². The Balaban J connectivity index is 2.22. The summed E-state index contributed by atoms with van der Waals surface area (Å²) in [6.45, 7) is 3.98. The molecule has 0 aliphatic heterocycles. The number of carbonyl (C=O) groups excluding carboxylic acids is 1. The van der Waals surface area contributed by atoms with Crippen molar-refractivity contribution in [3.63, 3.8) is 0 Å². The number of nitrogens with one attached hydrogen (secondary N) is 1. The van der Waals surface area contributed by atoms with Crippen LogP contribution in [-0.2, 0) is 10.2 Å². The molecule has 118 valence electrons. The summed E-state index contributed by atoms with van der Waals surface area (Å²) in [7, 11) is -3.85. The fourth-order valence-electron chi connectivity index (χ4n) is 1.93. The minimum absolute atomic E-state index is 0.192. The van der Waals surface area contributed by atoms with E-state index in [9.17, 15) is 13.2 Å². The lowest BCUT2D eigenvalue weighted by atomic mass is 10.2. The van der Waals surface area contributed by atoms with Crippen molar-refractivity contribution in [3.8, 4) is 11.5 Å². The maximum absolute atomic E-state index is 12.1. The molecule has 2 heterocycles. The molecule has 0 bridgehead atoms. The highest BCUT2D eigenvalue weighted by molar-refractivity contribution is 7.87. The second-order valence-electron chi connectivity index (χ2n) is 4.43. The summed E-state index contributed by atoms with van der Waals surface area (Å²) in [5, 5.41) is 0. The van der Waals surface area contributed by atoms with Crippen molar-refractivity contribution in [2.75, 3.05) is 13.1 Å².